The lowest BCUT2D eigenvalue weighted by atomic mass is 10.0. The third kappa shape index (κ3) is 1.67. The van der Waals surface area contributed by atoms with Crippen molar-refractivity contribution in [1.29, 1.82) is 0 Å². The van der Waals surface area contributed by atoms with Crippen molar-refractivity contribution < 1.29 is 4.39 Å². The van der Waals surface area contributed by atoms with E-state index in [0.717, 1.165) is 25.7 Å². The minimum atomic E-state index is -0.833. The standard InChI is InChI=1S/C8H15F/c1-3-7-4-5-8(2,9)6-7/h7H,3-6H2,1-2H3. The highest BCUT2D eigenvalue weighted by atomic mass is 19.1. The van der Waals surface area contributed by atoms with Gasteiger partial charge in [0, 0.05) is 0 Å². The number of alkyl halides is 1. The van der Waals surface area contributed by atoms with Crippen molar-refractivity contribution in [2.45, 2.75) is 45.2 Å². The number of hydrogen-bond acceptors (Lipinski definition) is 0. The molecule has 0 radical (unpaired) electrons. The molecular formula is C8H15F. The zero-order valence-electron chi connectivity index (χ0n) is 6.28. The van der Waals surface area contributed by atoms with Gasteiger partial charge in [0.2, 0.25) is 0 Å². The molecule has 0 aromatic heterocycles. The van der Waals surface area contributed by atoms with Gasteiger partial charge in [-0.15, -0.1) is 0 Å². The van der Waals surface area contributed by atoms with Gasteiger partial charge in [-0.3, -0.25) is 0 Å². The van der Waals surface area contributed by atoms with Crippen molar-refractivity contribution in [2.75, 3.05) is 0 Å². The Bertz CT molecular complexity index is 96.7. The minimum absolute atomic E-state index is 0.667. The van der Waals surface area contributed by atoms with E-state index in [4.69, 9.17) is 0 Å². The van der Waals surface area contributed by atoms with Gasteiger partial charge in [0.15, 0.2) is 0 Å². The van der Waals surface area contributed by atoms with E-state index in [1.54, 1.807) is 6.92 Å². The second kappa shape index (κ2) is 2.28. The van der Waals surface area contributed by atoms with Crippen molar-refractivity contribution in [1.82, 2.24) is 0 Å². The summed E-state index contributed by atoms with van der Waals surface area (Å²) in [4.78, 5) is 0. The van der Waals surface area contributed by atoms with Gasteiger partial charge in [-0.2, -0.15) is 0 Å². The molecule has 9 heavy (non-hydrogen) atoms. The van der Waals surface area contributed by atoms with Gasteiger partial charge < -0.3 is 0 Å². The van der Waals surface area contributed by atoms with Crippen LogP contribution in [-0.2, 0) is 0 Å². The summed E-state index contributed by atoms with van der Waals surface area (Å²) in [5.41, 5.74) is -0.833. The van der Waals surface area contributed by atoms with E-state index in [1.165, 1.54) is 0 Å². The van der Waals surface area contributed by atoms with E-state index >= 15 is 0 Å². The predicted molar refractivity (Wildman–Crippen MR) is 37.1 cm³/mol. The smallest absolute Gasteiger partial charge is 0.108 e. The van der Waals surface area contributed by atoms with E-state index in [1.807, 2.05) is 0 Å². The Morgan fingerprint density at radius 1 is 1.67 bits per heavy atom. The predicted octanol–water partition coefficient (Wildman–Crippen LogP) is 2.92. The fraction of sp³-hybridized carbons (Fsp3) is 1.00. The van der Waals surface area contributed by atoms with Crippen LogP contribution in [0.25, 0.3) is 0 Å². The second-order valence-electron chi connectivity index (χ2n) is 3.43. The monoisotopic (exact) mass is 130 g/mol. The molecule has 1 aliphatic rings. The normalized spacial score (nSPS) is 43.7. The zero-order valence-corrected chi connectivity index (χ0v) is 6.28. The van der Waals surface area contributed by atoms with Gasteiger partial charge in [0.05, 0.1) is 0 Å². The Hall–Kier alpha value is -0.0700. The molecule has 0 saturated heterocycles. The third-order valence-electron chi connectivity index (χ3n) is 2.37. The molecule has 0 spiro atoms. The lowest BCUT2D eigenvalue weighted by Crippen LogP contribution is -2.11. The largest absolute Gasteiger partial charge is 0.244 e. The van der Waals surface area contributed by atoms with Crippen molar-refractivity contribution in [2.24, 2.45) is 5.92 Å². The fourth-order valence-corrected chi connectivity index (χ4v) is 1.66. The molecule has 1 rings (SSSR count). The summed E-state index contributed by atoms with van der Waals surface area (Å²) in [5.74, 6) is 0.667. The van der Waals surface area contributed by atoms with Crippen LogP contribution >= 0.6 is 0 Å². The lowest BCUT2D eigenvalue weighted by molar-refractivity contribution is 0.192. The van der Waals surface area contributed by atoms with Gasteiger partial charge in [-0.1, -0.05) is 13.3 Å². The van der Waals surface area contributed by atoms with Crippen molar-refractivity contribution in [3.05, 3.63) is 0 Å². The molecule has 0 nitrogen and oxygen atoms in total. The van der Waals surface area contributed by atoms with E-state index < -0.39 is 5.67 Å². The molecule has 0 amide bonds. The fourth-order valence-electron chi connectivity index (χ4n) is 1.66. The van der Waals surface area contributed by atoms with Crippen LogP contribution in [0.3, 0.4) is 0 Å². The molecular weight excluding hydrogens is 115 g/mol. The summed E-state index contributed by atoms with van der Waals surface area (Å²) >= 11 is 0. The Kier molecular flexibility index (Phi) is 1.78. The van der Waals surface area contributed by atoms with Gasteiger partial charge in [0.25, 0.3) is 0 Å². The van der Waals surface area contributed by atoms with Crippen LogP contribution < -0.4 is 0 Å². The average molecular weight is 130 g/mol. The van der Waals surface area contributed by atoms with Gasteiger partial charge in [-0.25, -0.2) is 4.39 Å². The maximum absolute atomic E-state index is 13.0. The molecule has 1 saturated carbocycles. The number of rotatable bonds is 1. The lowest BCUT2D eigenvalue weighted by Gasteiger charge is -2.11. The number of halogens is 1. The highest BCUT2D eigenvalue weighted by Crippen LogP contribution is 2.38. The number of hydrogen-bond donors (Lipinski definition) is 0. The summed E-state index contributed by atoms with van der Waals surface area (Å²) in [6.07, 6.45) is 3.83. The van der Waals surface area contributed by atoms with Crippen molar-refractivity contribution in [3.63, 3.8) is 0 Å². The summed E-state index contributed by atoms with van der Waals surface area (Å²) in [7, 11) is 0. The van der Waals surface area contributed by atoms with Crippen LogP contribution in [0.2, 0.25) is 0 Å². The first-order chi connectivity index (χ1) is 4.14. The molecule has 1 fully saturated rings. The van der Waals surface area contributed by atoms with Gasteiger partial charge in [0.1, 0.15) is 5.67 Å². The summed E-state index contributed by atoms with van der Waals surface area (Å²) < 4.78 is 13.0. The van der Waals surface area contributed by atoms with Crippen LogP contribution in [0.4, 0.5) is 4.39 Å². The molecule has 1 heteroatoms. The molecule has 1 aliphatic carbocycles. The SMILES string of the molecule is CCC1CCC(C)(F)C1. The van der Waals surface area contributed by atoms with Crippen LogP contribution in [-0.4, -0.2) is 5.67 Å². The maximum atomic E-state index is 13.0. The Labute approximate surface area is 56.5 Å². The Morgan fingerprint density at radius 3 is 2.56 bits per heavy atom. The molecule has 0 heterocycles. The second-order valence-corrected chi connectivity index (χ2v) is 3.43. The quantitative estimate of drug-likeness (QED) is 0.512. The van der Waals surface area contributed by atoms with E-state index in [9.17, 15) is 4.39 Å². The first-order valence-corrected chi connectivity index (χ1v) is 3.83. The molecule has 2 unspecified atom stereocenters. The minimum Gasteiger partial charge on any atom is -0.244 e. The van der Waals surface area contributed by atoms with Gasteiger partial charge in [-0.05, 0) is 32.1 Å². The first-order valence-electron chi connectivity index (χ1n) is 3.83. The van der Waals surface area contributed by atoms with Gasteiger partial charge >= 0.3 is 0 Å². The van der Waals surface area contributed by atoms with Crippen LogP contribution in [0, 0.1) is 5.92 Å². The zero-order chi connectivity index (χ0) is 6.91. The van der Waals surface area contributed by atoms with E-state index in [2.05, 4.69) is 6.92 Å². The first kappa shape index (κ1) is 7.04. The summed E-state index contributed by atoms with van der Waals surface area (Å²) in [6.45, 7) is 3.87. The van der Waals surface area contributed by atoms with Crippen molar-refractivity contribution >= 4 is 0 Å². The van der Waals surface area contributed by atoms with Crippen LogP contribution in [0.15, 0.2) is 0 Å². The molecule has 0 N–H and O–H groups in total. The summed E-state index contributed by atoms with van der Waals surface area (Å²) in [6, 6.07) is 0. The van der Waals surface area contributed by atoms with Crippen molar-refractivity contribution in [3.8, 4) is 0 Å². The highest BCUT2D eigenvalue weighted by molar-refractivity contribution is 4.84. The topological polar surface area (TPSA) is 0 Å². The maximum Gasteiger partial charge on any atom is 0.108 e. The molecule has 0 aliphatic heterocycles. The van der Waals surface area contributed by atoms with E-state index in [0.29, 0.717) is 5.92 Å². The third-order valence-corrected chi connectivity index (χ3v) is 2.37. The van der Waals surface area contributed by atoms with Crippen LogP contribution in [0.1, 0.15) is 39.5 Å². The molecule has 54 valence electrons. The molecule has 0 aromatic rings. The molecule has 2 atom stereocenters. The molecule has 0 aromatic carbocycles. The summed E-state index contributed by atoms with van der Waals surface area (Å²) in [5, 5.41) is 0. The average Bonchev–Trinajstić information content (AvgIpc) is 2.10. The Morgan fingerprint density at radius 2 is 2.33 bits per heavy atom. The Balaban J connectivity index is 2.38. The van der Waals surface area contributed by atoms with Crippen LogP contribution in [0.5, 0.6) is 0 Å². The molecule has 0 bridgehead atoms. The van der Waals surface area contributed by atoms with E-state index in [-0.39, 0.29) is 0 Å². The highest BCUT2D eigenvalue weighted by Gasteiger charge is 2.33.